The Bertz CT molecular complexity index is 948. The molecule has 7 nitrogen and oxygen atoms in total. The molecule has 8 heteroatoms. The molecule has 0 aromatic carbocycles. The van der Waals surface area contributed by atoms with Crippen molar-refractivity contribution in [1.82, 2.24) is 23.8 Å². The Labute approximate surface area is 149 Å². The quantitative estimate of drug-likeness (QED) is 0.721. The molecule has 1 aliphatic heterocycles. The third-order valence-corrected chi connectivity index (χ3v) is 4.79. The van der Waals surface area contributed by atoms with Crippen molar-refractivity contribution in [3.05, 3.63) is 53.0 Å². The SMILES string of the molecule is COCc1cnc2n1CCN(C(=O)c1cn3cc(Cl)ccc3n1)C2C. The number of hydrogen-bond acceptors (Lipinski definition) is 4. The lowest BCUT2D eigenvalue weighted by atomic mass is 10.2. The number of imidazole rings is 2. The number of fused-ring (bicyclic) bond motifs is 2. The largest absolute Gasteiger partial charge is 0.378 e. The molecule has 1 atom stereocenters. The van der Waals surface area contributed by atoms with E-state index in [9.17, 15) is 4.79 Å². The second-order valence-corrected chi connectivity index (χ2v) is 6.54. The maximum atomic E-state index is 13.0. The van der Waals surface area contributed by atoms with Crippen molar-refractivity contribution in [1.29, 1.82) is 0 Å². The molecule has 0 fully saturated rings. The fraction of sp³-hybridized carbons (Fsp3) is 0.353. The number of nitrogens with zero attached hydrogens (tertiary/aromatic N) is 5. The average Bonchev–Trinajstić information content (AvgIpc) is 3.19. The van der Waals surface area contributed by atoms with Crippen molar-refractivity contribution < 1.29 is 9.53 Å². The van der Waals surface area contributed by atoms with Gasteiger partial charge in [-0.05, 0) is 19.1 Å². The highest BCUT2D eigenvalue weighted by Crippen LogP contribution is 2.27. The van der Waals surface area contributed by atoms with E-state index in [4.69, 9.17) is 16.3 Å². The first kappa shape index (κ1) is 16.1. The van der Waals surface area contributed by atoms with Crippen LogP contribution >= 0.6 is 11.6 Å². The van der Waals surface area contributed by atoms with Crippen LogP contribution < -0.4 is 0 Å². The Balaban J connectivity index is 1.63. The highest BCUT2D eigenvalue weighted by atomic mass is 35.5. The highest BCUT2D eigenvalue weighted by molar-refractivity contribution is 6.30. The Morgan fingerprint density at radius 2 is 2.20 bits per heavy atom. The fourth-order valence-corrected chi connectivity index (χ4v) is 3.48. The molecule has 0 spiro atoms. The lowest BCUT2D eigenvalue weighted by Gasteiger charge is -2.34. The molecule has 130 valence electrons. The monoisotopic (exact) mass is 359 g/mol. The molecule has 0 bridgehead atoms. The maximum Gasteiger partial charge on any atom is 0.274 e. The van der Waals surface area contributed by atoms with Gasteiger partial charge in [0.05, 0.1) is 29.6 Å². The standard InChI is InChI=1S/C17H18ClN5O2/c1-11-16-19-7-13(10-25-2)23(16)6-5-22(11)17(24)14-9-21-8-12(18)3-4-15(21)20-14/h3-4,7-9,11H,5-6,10H2,1-2H3. The molecule has 3 aromatic heterocycles. The average molecular weight is 360 g/mol. The zero-order chi connectivity index (χ0) is 17.6. The Morgan fingerprint density at radius 1 is 1.36 bits per heavy atom. The number of rotatable bonds is 3. The van der Waals surface area contributed by atoms with Crippen LogP contribution in [0.1, 0.15) is 35.0 Å². The summed E-state index contributed by atoms with van der Waals surface area (Å²) in [5.41, 5.74) is 2.13. The van der Waals surface area contributed by atoms with Crippen LogP contribution in [-0.2, 0) is 17.9 Å². The lowest BCUT2D eigenvalue weighted by molar-refractivity contribution is 0.0627. The summed E-state index contributed by atoms with van der Waals surface area (Å²) in [6.07, 6.45) is 5.27. The molecule has 0 N–H and O–H groups in total. The predicted octanol–water partition coefficient (Wildman–Crippen LogP) is 2.55. The summed E-state index contributed by atoms with van der Waals surface area (Å²) in [4.78, 5) is 23.7. The first-order valence-corrected chi connectivity index (χ1v) is 8.44. The first-order valence-electron chi connectivity index (χ1n) is 8.07. The van der Waals surface area contributed by atoms with E-state index in [0.29, 0.717) is 36.1 Å². The molecule has 3 aromatic rings. The van der Waals surface area contributed by atoms with Crippen LogP contribution in [0.5, 0.6) is 0 Å². The second-order valence-electron chi connectivity index (χ2n) is 6.11. The van der Waals surface area contributed by atoms with Gasteiger partial charge in [0, 0.05) is 32.6 Å². The molecular formula is C17H18ClN5O2. The third kappa shape index (κ3) is 2.69. The first-order chi connectivity index (χ1) is 12.1. The summed E-state index contributed by atoms with van der Waals surface area (Å²) in [5, 5.41) is 0.600. The van der Waals surface area contributed by atoms with E-state index in [1.807, 2.05) is 18.0 Å². The minimum absolute atomic E-state index is 0.102. The molecule has 4 heterocycles. The van der Waals surface area contributed by atoms with Crippen LogP contribution in [0.2, 0.25) is 5.02 Å². The zero-order valence-corrected chi connectivity index (χ0v) is 14.8. The van der Waals surface area contributed by atoms with Crippen molar-refractivity contribution >= 4 is 23.2 Å². The number of ether oxygens (including phenoxy) is 1. The molecule has 25 heavy (non-hydrogen) atoms. The Morgan fingerprint density at radius 3 is 3.00 bits per heavy atom. The van der Waals surface area contributed by atoms with E-state index in [1.54, 1.807) is 36.0 Å². The summed E-state index contributed by atoms with van der Waals surface area (Å²) in [5.74, 6) is 0.772. The number of pyridine rings is 1. The molecule has 0 saturated carbocycles. The topological polar surface area (TPSA) is 64.7 Å². The highest BCUT2D eigenvalue weighted by Gasteiger charge is 2.31. The fourth-order valence-electron chi connectivity index (χ4n) is 3.31. The molecule has 1 aliphatic rings. The molecule has 0 aliphatic carbocycles. The second kappa shape index (κ2) is 6.16. The molecule has 4 rings (SSSR count). The van der Waals surface area contributed by atoms with E-state index in [0.717, 1.165) is 11.5 Å². The van der Waals surface area contributed by atoms with E-state index < -0.39 is 0 Å². The number of carbonyl (C=O) groups excluding carboxylic acids is 1. The van der Waals surface area contributed by atoms with E-state index in [-0.39, 0.29) is 11.9 Å². The van der Waals surface area contributed by atoms with Gasteiger partial charge in [-0.1, -0.05) is 11.6 Å². The van der Waals surface area contributed by atoms with Crippen LogP contribution in [0.25, 0.3) is 5.65 Å². The van der Waals surface area contributed by atoms with Crippen molar-refractivity contribution in [3.8, 4) is 0 Å². The van der Waals surface area contributed by atoms with Crippen molar-refractivity contribution in [2.24, 2.45) is 0 Å². The number of aromatic nitrogens is 4. The predicted molar refractivity (Wildman–Crippen MR) is 92.6 cm³/mol. The van der Waals surface area contributed by atoms with Crippen LogP contribution in [-0.4, -0.2) is 43.4 Å². The molecule has 0 saturated heterocycles. The van der Waals surface area contributed by atoms with E-state index in [2.05, 4.69) is 14.5 Å². The van der Waals surface area contributed by atoms with Gasteiger partial charge in [0.2, 0.25) is 0 Å². The van der Waals surface area contributed by atoms with Gasteiger partial charge in [-0.15, -0.1) is 0 Å². The number of methoxy groups -OCH3 is 1. The molecular weight excluding hydrogens is 342 g/mol. The minimum Gasteiger partial charge on any atom is -0.378 e. The Hall–Kier alpha value is -2.38. The van der Waals surface area contributed by atoms with E-state index >= 15 is 0 Å². The van der Waals surface area contributed by atoms with Crippen LogP contribution in [0.15, 0.2) is 30.7 Å². The van der Waals surface area contributed by atoms with Crippen LogP contribution in [0, 0.1) is 0 Å². The van der Waals surface area contributed by atoms with Gasteiger partial charge in [0.1, 0.15) is 17.2 Å². The Kier molecular flexibility index (Phi) is 3.97. The third-order valence-electron chi connectivity index (χ3n) is 4.56. The van der Waals surface area contributed by atoms with Gasteiger partial charge in [-0.2, -0.15) is 0 Å². The summed E-state index contributed by atoms with van der Waals surface area (Å²) in [7, 11) is 1.66. The van der Waals surface area contributed by atoms with Crippen molar-refractivity contribution in [3.63, 3.8) is 0 Å². The maximum absolute atomic E-state index is 13.0. The van der Waals surface area contributed by atoms with Crippen molar-refractivity contribution in [2.75, 3.05) is 13.7 Å². The van der Waals surface area contributed by atoms with Crippen LogP contribution in [0.4, 0.5) is 0 Å². The number of carbonyl (C=O) groups is 1. The van der Waals surface area contributed by atoms with Gasteiger partial charge in [0.15, 0.2) is 0 Å². The number of halogens is 1. The van der Waals surface area contributed by atoms with Gasteiger partial charge < -0.3 is 18.6 Å². The smallest absolute Gasteiger partial charge is 0.274 e. The minimum atomic E-state index is -0.125. The molecule has 1 unspecified atom stereocenters. The molecule has 1 amide bonds. The van der Waals surface area contributed by atoms with Gasteiger partial charge in [0.25, 0.3) is 5.91 Å². The summed E-state index contributed by atoms with van der Waals surface area (Å²) in [6.45, 7) is 3.80. The number of hydrogen-bond donors (Lipinski definition) is 0. The summed E-state index contributed by atoms with van der Waals surface area (Å²) in [6, 6.07) is 3.43. The van der Waals surface area contributed by atoms with Gasteiger partial charge in [-0.25, -0.2) is 9.97 Å². The van der Waals surface area contributed by atoms with Gasteiger partial charge >= 0.3 is 0 Å². The van der Waals surface area contributed by atoms with Gasteiger partial charge in [-0.3, -0.25) is 4.79 Å². The summed E-state index contributed by atoms with van der Waals surface area (Å²) >= 11 is 6.00. The zero-order valence-electron chi connectivity index (χ0n) is 14.0. The van der Waals surface area contributed by atoms with E-state index in [1.165, 1.54) is 0 Å². The lowest BCUT2D eigenvalue weighted by Crippen LogP contribution is -2.41. The van der Waals surface area contributed by atoms with Crippen LogP contribution in [0.3, 0.4) is 0 Å². The van der Waals surface area contributed by atoms with Crippen molar-refractivity contribution in [2.45, 2.75) is 26.1 Å². The molecule has 0 radical (unpaired) electrons. The normalized spacial score (nSPS) is 17.1. The number of amides is 1. The summed E-state index contributed by atoms with van der Waals surface area (Å²) < 4.78 is 9.10.